The molecule has 0 aromatic heterocycles. The molecule has 62 valence electrons. The molecule has 0 aliphatic heterocycles. The van der Waals surface area contributed by atoms with Crippen LogP contribution < -0.4 is 0 Å². The number of carbonyl (C=O) groups excluding carboxylic acids is 1. The largest absolute Gasteiger partial charge is 0.462 e. The molecule has 11 heavy (non-hydrogen) atoms. The van der Waals surface area contributed by atoms with Crippen LogP contribution in [-0.2, 0) is 9.53 Å². The van der Waals surface area contributed by atoms with Crippen LogP contribution in [-0.4, -0.2) is 12.1 Å². The summed E-state index contributed by atoms with van der Waals surface area (Å²) >= 11 is 0. The number of esters is 1. The van der Waals surface area contributed by atoms with Crippen LogP contribution in [0, 0.1) is 11.8 Å². The van der Waals surface area contributed by atoms with Crippen molar-refractivity contribution in [2.75, 3.05) is 0 Å². The first kappa shape index (κ1) is 7.14. The van der Waals surface area contributed by atoms with Gasteiger partial charge in [-0.15, -0.1) is 0 Å². The number of hydrogen-bond acceptors (Lipinski definition) is 2. The minimum atomic E-state index is 0.0370. The number of ether oxygens (including phenoxy) is 1. The highest BCUT2D eigenvalue weighted by Gasteiger charge is 2.36. The van der Waals surface area contributed by atoms with Gasteiger partial charge in [-0.25, -0.2) is 0 Å². The molecule has 2 aliphatic rings. The minimum Gasteiger partial charge on any atom is -0.462 e. The van der Waals surface area contributed by atoms with Crippen LogP contribution in [0.4, 0.5) is 0 Å². The molecule has 2 rings (SSSR count). The molecule has 0 N–H and O–H groups in total. The Balaban J connectivity index is 1.77. The fourth-order valence-corrected chi connectivity index (χ4v) is 1.25. The van der Waals surface area contributed by atoms with Gasteiger partial charge < -0.3 is 4.74 Å². The van der Waals surface area contributed by atoms with Crippen molar-refractivity contribution in [3.05, 3.63) is 0 Å². The normalized spacial score (nSPS) is 26.3. The van der Waals surface area contributed by atoms with Gasteiger partial charge >= 0.3 is 5.97 Å². The van der Waals surface area contributed by atoms with Crippen LogP contribution in [0.25, 0.3) is 0 Å². The highest BCUT2D eigenvalue weighted by Crippen LogP contribution is 2.38. The number of rotatable bonds is 3. The van der Waals surface area contributed by atoms with Gasteiger partial charge in [0.05, 0.1) is 5.92 Å². The average molecular weight is 154 g/mol. The fourth-order valence-electron chi connectivity index (χ4n) is 1.25. The van der Waals surface area contributed by atoms with Gasteiger partial charge in [0.25, 0.3) is 0 Å². The third-order valence-corrected chi connectivity index (χ3v) is 2.51. The molecule has 0 spiro atoms. The Labute approximate surface area is 66.9 Å². The molecule has 0 bridgehead atoms. The van der Waals surface area contributed by atoms with Crippen LogP contribution in [0.3, 0.4) is 0 Å². The molecule has 2 heteroatoms. The molecule has 2 nitrogen and oxygen atoms in total. The van der Waals surface area contributed by atoms with Gasteiger partial charge in [-0.05, 0) is 31.6 Å². The SMILES string of the molecule is CC(C(=O)OC1CC1)C1CC1. The van der Waals surface area contributed by atoms with Gasteiger partial charge in [0.1, 0.15) is 6.10 Å². The Morgan fingerprint density at radius 3 is 2.45 bits per heavy atom. The van der Waals surface area contributed by atoms with Gasteiger partial charge in [0, 0.05) is 0 Å². The molecule has 0 saturated heterocycles. The molecule has 1 unspecified atom stereocenters. The van der Waals surface area contributed by atoms with E-state index in [0.29, 0.717) is 5.92 Å². The van der Waals surface area contributed by atoms with Gasteiger partial charge in [-0.2, -0.15) is 0 Å². The maximum Gasteiger partial charge on any atom is 0.309 e. The van der Waals surface area contributed by atoms with Gasteiger partial charge in [0.2, 0.25) is 0 Å². The monoisotopic (exact) mass is 154 g/mol. The molecule has 0 aromatic carbocycles. The second kappa shape index (κ2) is 2.50. The number of hydrogen-bond donors (Lipinski definition) is 0. The maximum atomic E-state index is 11.3. The van der Waals surface area contributed by atoms with E-state index in [-0.39, 0.29) is 18.0 Å². The van der Waals surface area contributed by atoms with E-state index in [1.54, 1.807) is 0 Å². The Hall–Kier alpha value is -0.530. The highest BCUT2D eigenvalue weighted by atomic mass is 16.5. The summed E-state index contributed by atoms with van der Waals surface area (Å²) in [6.45, 7) is 1.99. The number of carbonyl (C=O) groups is 1. The molecule has 1 atom stereocenters. The van der Waals surface area contributed by atoms with E-state index in [0.717, 1.165) is 12.8 Å². The summed E-state index contributed by atoms with van der Waals surface area (Å²) in [7, 11) is 0. The van der Waals surface area contributed by atoms with E-state index in [1.165, 1.54) is 12.8 Å². The predicted octanol–water partition coefficient (Wildman–Crippen LogP) is 1.74. The molecule has 0 heterocycles. The molecule has 0 aromatic rings. The Morgan fingerprint density at radius 1 is 1.36 bits per heavy atom. The van der Waals surface area contributed by atoms with E-state index in [1.807, 2.05) is 6.92 Å². The lowest BCUT2D eigenvalue weighted by Gasteiger charge is -2.08. The molecule has 0 amide bonds. The van der Waals surface area contributed by atoms with Crippen LogP contribution in [0.5, 0.6) is 0 Å². The van der Waals surface area contributed by atoms with E-state index in [2.05, 4.69) is 0 Å². The van der Waals surface area contributed by atoms with E-state index in [4.69, 9.17) is 4.74 Å². The zero-order valence-corrected chi connectivity index (χ0v) is 6.88. The van der Waals surface area contributed by atoms with E-state index in [9.17, 15) is 4.79 Å². The second-order valence-electron chi connectivity index (χ2n) is 3.76. The zero-order chi connectivity index (χ0) is 7.84. The third-order valence-electron chi connectivity index (χ3n) is 2.51. The Kier molecular flexibility index (Phi) is 1.63. The van der Waals surface area contributed by atoms with E-state index < -0.39 is 0 Å². The van der Waals surface area contributed by atoms with Crippen molar-refractivity contribution in [1.82, 2.24) is 0 Å². The van der Waals surface area contributed by atoms with Crippen molar-refractivity contribution in [2.24, 2.45) is 11.8 Å². The average Bonchev–Trinajstić information content (AvgIpc) is 2.81. The van der Waals surface area contributed by atoms with Crippen molar-refractivity contribution in [1.29, 1.82) is 0 Å². The zero-order valence-electron chi connectivity index (χ0n) is 6.88. The van der Waals surface area contributed by atoms with Crippen LogP contribution in [0.1, 0.15) is 32.6 Å². The summed E-state index contributed by atoms with van der Waals surface area (Å²) in [5.74, 6) is 0.840. The minimum absolute atomic E-state index is 0.0370. The Morgan fingerprint density at radius 2 is 2.00 bits per heavy atom. The topological polar surface area (TPSA) is 26.3 Å². The highest BCUT2D eigenvalue weighted by molar-refractivity contribution is 5.73. The lowest BCUT2D eigenvalue weighted by molar-refractivity contribution is -0.149. The summed E-state index contributed by atoms with van der Waals surface area (Å²) in [6, 6.07) is 0. The first-order chi connectivity index (χ1) is 5.27. The quantitative estimate of drug-likeness (QED) is 0.579. The van der Waals surface area contributed by atoms with Crippen molar-refractivity contribution >= 4 is 5.97 Å². The predicted molar refractivity (Wildman–Crippen MR) is 41.0 cm³/mol. The van der Waals surface area contributed by atoms with Crippen molar-refractivity contribution in [2.45, 2.75) is 38.7 Å². The van der Waals surface area contributed by atoms with Crippen LogP contribution in [0.2, 0.25) is 0 Å². The summed E-state index contributed by atoms with van der Waals surface area (Å²) in [4.78, 5) is 11.3. The molecular formula is C9H14O2. The molecule has 2 saturated carbocycles. The maximum absolute atomic E-state index is 11.3. The van der Waals surface area contributed by atoms with E-state index >= 15 is 0 Å². The first-order valence-corrected chi connectivity index (χ1v) is 4.48. The van der Waals surface area contributed by atoms with Gasteiger partial charge in [-0.1, -0.05) is 6.92 Å². The first-order valence-electron chi connectivity index (χ1n) is 4.48. The van der Waals surface area contributed by atoms with Crippen molar-refractivity contribution in [3.8, 4) is 0 Å². The van der Waals surface area contributed by atoms with Gasteiger partial charge in [0.15, 0.2) is 0 Å². The molecule has 0 radical (unpaired) electrons. The lowest BCUT2D eigenvalue weighted by Crippen LogP contribution is -2.17. The van der Waals surface area contributed by atoms with Crippen LogP contribution >= 0.6 is 0 Å². The molecule has 2 fully saturated rings. The smallest absolute Gasteiger partial charge is 0.309 e. The second-order valence-corrected chi connectivity index (χ2v) is 3.76. The summed E-state index contributed by atoms with van der Waals surface area (Å²) in [5.41, 5.74) is 0. The Bertz CT molecular complexity index is 168. The summed E-state index contributed by atoms with van der Waals surface area (Å²) in [6.07, 6.45) is 4.90. The lowest BCUT2D eigenvalue weighted by atomic mass is 10.1. The summed E-state index contributed by atoms with van der Waals surface area (Å²) in [5, 5.41) is 0. The van der Waals surface area contributed by atoms with Crippen molar-refractivity contribution < 1.29 is 9.53 Å². The standard InChI is InChI=1S/C9H14O2/c1-6(7-2-3-7)9(10)11-8-4-5-8/h6-8H,2-5H2,1H3. The fraction of sp³-hybridized carbons (Fsp3) is 0.889. The van der Waals surface area contributed by atoms with Crippen molar-refractivity contribution in [3.63, 3.8) is 0 Å². The molecular weight excluding hydrogens is 140 g/mol. The van der Waals surface area contributed by atoms with Gasteiger partial charge in [-0.3, -0.25) is 4.79 Å². The summed E-state index contributed by atoms with van der Waals surface area (Å²) < 4.78 is 5.19. The molecule has 2 aliphatic carbocycles. The third kappa shape index (κ3) is 1.73. The van der Waals surface area contributed by atoms with Crippen LogP contribution in [0.15, 0.2) is 0 Å².